The van der Waals surface area contributed by atoms with Crippen LogP contribution in [0, 0.1) is 5.92 Å². The van der Waals surface area contributed by atoms with E-state index in [2.05, 4.69) is 9.97 Å². The summed E-state index contributed by atoms with van der Waals surface area (Å²) < 4.78 is 10.8. The Morgan fingerprint density at radius 2 is 2.30 bits per heavy atom. The third-order valence-electron chi connectivity index (χ3n) is 3.63. The van der Waals surface area contributed by atoms with E-state index in [1.54, 1.807) is 11.3 Å². The Balaban J connectivity index is 1.72. The van der Waals surface area contributed by atoms with Gasteiger partial charge >= 0.3 is 0 Å². The van der Waals surface area contributed by atoms with Gasteiger partial charge in [0.05, 0.1) is 12.0 Å². The average Bonchev–Trinajstić information content (AvgIpc) is 2.82. The van der Waals surface area contributed by atoms with Crippen LogP contribution in [-0.2, 0) is 22.3 Å². The first-order chi connectivity index (χ1) is 9.79. The van der Waals surface area contributed by atoms with Crippen LogP contribution in [0.5, 0.6) is 0 Å². The second-order valence-electron chi connectivity index (χ2n) is 4.94. The fourth-order valence-corrected chi connectivity index (χ4v) is 4.24. The van der Waals surface area contributed by atoms with E-state index < -0.39 is 0 Å². The van der Waals surface area contributed by atoms with Crippen LogP contribution in [0.25, 0.3) is 10.2 Å². The first kappa shape index (κ1) is 14.2. The van der Waals surface area contributed by atoms with Gasteiger partial charge in [0, 0.05) is 11.5 Å². The third kappa shape index (κ3) is 2.81. The van der Waals surface area contributed by atoms with Crippen LogP contribution in [0.15, 0.2) is 6.33 Å². The van der Waals surface area contributed by atoms with Gasteiger partial charge in [-0.2, -0.15) is 0 Å². The first-order valence-corrected chi connectivity index (χ1v) is 8.05. The zero-order valence-electron chi connectivity index (χ0n) is 11.4. The van der Waals surface area contributed by atoms with Crippen molar-refractivity contribution in [3.63, 3.8) is 0 Å². The van der Waals surface area contributed by atoms with E-state index in [4.69, 9.17) is 21.1 Å². The highest BCUT2D eigenvalue weighted by Crippen LogP contribution is 2.39. The number of hydrogen-bond donors (Lipinski definition) is 0. The number of aryl methyl sites for hydroxylation is 1. The predicted octanol–water partition coefficient (Wildman–Crippen LogP) is 3.46. The summed E-state index contributed by atoms with van der Waals surface area (Å²) in [6.07, 6.45) is 4.73. The highest BCUT2D eigenvalue weighted by molar-refractivity contribution is 7.19. The Bertz CT molecular complexity index is 602. The van der Waals surface area contributed by atoms with Gasteiger partial charge in [-0.15, -0.1) is 11.3 Å². The highest BCUT2D eigenvalue weighted by atomic mass is 35.5. The molecule has 6 heteroatoms. The molecule has 20 heavy (non-hydrogen) atoms. The molecule has 3 rings (SSSR count). The van der Waals surface area contributed by atoms with Crippen LogP contribution in [0.3, 0.4) is 0 Å². The van der Waals surface area contributed by atoms with E-state index in [1.807, 2.05) is 6.92 Å². The molecule has 0 saturated heterocycles. The van der Waals surface area contributed by atoms with Gasteiger partial charge in [0.2, 0.25) is 0 Å². The van der Waals surface area contributed by atoms with Crippen LogP contribution in [0.4, 0.5) is 0 Å². The molecule has 0 N–H and O–H groups in total. The van der Waals surface area contributed by atoms with E-state index in [0.717, 1.165) is 36.1 Å². The zero-order valence-corrected chi connectivity index (χ0v) is 13.0. The maximum Gasteiger partial charge on any atom is 0.146 e. The number of nitrogens with zero attached hydrogens (tertiary/aromatic N) is 2. The zero-order chi connectivity index (χ0) is 13.9. The second kappa shape index (κ2) is 6.35. The maximum absolute atomic E-state index is 6.20. The lowest BCUT2D eigenvalue weighted by atomic mass is 9.88. The molecule has 4 nitrogen and oxygen atoms in total. The van der Waals surface area contributed by atoms with Gasteiger partial charge in [0.1, 0.15) is 23.1 Å². The molecule has 0 saturated carbocycles. The summed E-state index contributed by atoms with van der Waals surface area (Å²) >= 11 is 7.94. The molecular weight excluding hydrogens is 296 g/mol. The number of hydrogen-bond acceptors (Lipinski definition) is 5. The van der Waals surface area contributed by atoms with Crippen molar-refractivity contribution in [1.29, 1.82) is 0 Å². The van der Waals surface area contributed by atoms with Crippen molar-refractivity contribution in [3.8, 4) is 0 Å². The smallest absolute Gasteiger partial charge is 0.146 e. The van der Waals surface area contributed by atoms with Crippen molar-refractivity contribution in [2.24, 2.45) is 5.92 Å². The van der Waals surface area contributed by atoms with E-state index >= 15 is 0 Å². The SMILES string of the molecule is CCOCOC[C@H]1CCc2c(sc3ncnc(Cl)c23)C1. The summed E-state index contributed by atoms with van der Waals surface area (Å²) in [4.78, 5) is 10.8. The molecule has 0 bridgehead atoms. The predicted molar refractivity (Wildman–Crippen MR) is 80.4 cm³/mol. The largest absolute Gasteiger partial charge is 0.356 e. The number of fused-ring (bicyclic) bond motifs is 3. The molecule has 1 aliphatic rings. The number of rotatable bonds is 5. The van der Waals surface area contributed by atoms with E-state index in [-0.39, 0.29) is 0 Å². The van der Waals surface area contributed by atoms with Gasteiger partial charge in [0.25, 0.3) is 0 Å². The molecule has 1 aliphatic carbocycles. The summed E-state index contributed by atoms with van der Waals surface area (Å²) in [7, 11) is 0. The Morgan fingerprint density at radius 3 is 3.15 bits per heavy atom. The molecule has 0 unspecified atom stereocenters. The van der Waals surface area contributed by atoms with Gasteiger partial charge in [0.15, 0.2) is 0 Å². The topological polar surface area (TPSA) is 44.2 Å². The minimum Gasteiger partial charge on any atom is -0.356 e. The van der Waals surface area contributed by atoms with E-state index in [9.17, 15) is 0 Å². The second-order valence-corrected chi connectivity index (χ2v) is 6.38. The lowest BCUT2D eigenvalue weighted by molar-refractivity contribution is -0.0613. The fourth-order valence-electron chi connectivity index (χ4n) is 2.64. The molecule has 108 valence electrons. The molecule has 0 aromatic carbocycles. The monoisotopic (exact) mass is 312 g/mol. The normalized spacial score (nSPS) is 18.4. The number of aromatic nitrogens is 2. The molecule has 0 radical (unpaired) electrons. The molecule has 0 amide bonds. The first-order valence-electron chi connectivity index (χ1n) is 6.85. The van der Waals surface area contributed by atoms with Crippen LogP contribution in [-0.4, -0.2) is 30.0 Å². The fraction of sp³-hybridized carbons (Fsp3) is 0.571. The van der Waals surface area contributed by atoms with E-state index in [0.29, 0.717) is 24.5 Å². The van der Waals surface area contributed by atoms with Crippen molar-refractivity contribution < 1.29 is 9.47 Å². The molecule has 1 atom stereocenters. The summed E-state index contributed by atoms with van der Waals surface area (Å²) in [6, 6.07) is 0. The Hall–Kier alpha value is -0.750. The number of halogens is 1. The van der Waals surface area contributed by atoms with E-state index in [1.165, 1.54) is 16.8 Å². The Morgan fingerprint density at radius 1 is 1.40 bits per heavy atom. The molecule has 0 spiro atoms. The highest BCUT2D eigenvalue weighted by Gasteiger charge is 2.24. The Labute approximate surface area is 127 Å². The number of thiophene rings is 1. The van der Waals surface area contributed by atoms with Crippen molar-refractivity contribution in [2.45, 2.75) is 26.2 Å². The van der Waals surface area contributed by atoms with Crippen molar-refractivity contribution in [1.82, 2.24) is 9.97 Å². The van der Waals surface area contributed by atoms with Crippen molar-refractivity contribution >= 4 is 33.2 Å². The number of ether oxygens (including phenoxy) is 2. The lowest BCUT2D eigenvalue weighted by Gasteiger charge is -2.22. The van der Waals surface area contributed by atoms with Crippen LogP contribution in [0.1, 0.15) is 23.8 Å². The quantitative estimate of drug-likeness (QED) is 0.482. The molecule has 0 aliphatic heterocycles. The van der Waals surface area contributed by atoms with Crippen molar-refractivity contribution in [2.75, 3.05) is 20.0 Å². The summed E-state index contributed by atoms with van der Waals surface area (Å²) in [6.45, 7) is 3.82. The van der Waals surface area contributed by atoms with Crippen LogP contribution < -0.4 is 0 Å². The summed E-state index contributed by atoms with van der Waals surface area (Å²) in [5.74, 6) is 0.558. The summed E-state index contributed by atoms with van der Waals surface area (Å²) in [5.41, 5.74) is 1.34. The average molecular weight is 313 g/mol. The summed E-state index contributed by atoms with van der Waals surface area (Å²) in [5, 5.41) is 1.64. The molecular formula is C14H17ClN2O2S. The maximum atomic E-state index is 6.20. The van der Waals surface area contributed by atoms with Gasteiger partial charge in [-0.1, -0.05) is 11.6 Å². The van der Waals surface area contributed by atoms with Crippen molar-refractivity contribution in [3.05, 3.63) is 21.9 Å². The van der Waals surface area contributed by atoms with Gasteiger partial charge < -0.3 is 9.47 Å². The molecule has 2 aromatic rings. The minimum atomic E-state index is 0.392. The van der Waals surface area contributed by atoms with Gasteiger partial charge in [-0.3, -0.25) is 0 Å². The lowest BCUT2D eigenvalue weighted by Crippen LogP contribution is -2.18. The van der Waals surface area contributed by atoms with Crippen LogP contribution in [0.2, 0.25) is 5.15 Å². The molecule has 0 fully saturated rings. The molecule has 2 heterocycles. The third-order valence-corrected chi connectivity index (χ3v) is 5.07. The van der Waals surface area contributed by atoms with Crippen LogP contribution >= 0.6 is 22.9 Å². The standard InChI is InChI=1S/C14H17ClN2O2S/c1-2-18-8-19-6-9-3-4-10-11(5-9)20-14-12(10)13(15)16-7-17-14/h7,9H,2-6,8H2,1H3/t9-/m0/s1. The molecule has 2 aromatic heterocycles. The Kier molecular flexibility index (Phi) is 4.51. The van der Waals surface area contributed by atoms with Gasteiger partial charge in [-0.05, 0) is 37.7 Å². The van der Waals surface area contributed by atoms with Gasteiger partial charge in [-0.25, -0.2) is 9.97 Å². The minimum absolute atomic E-state index is 0.392.